The Morgan fingerprint density at radius 2 is 2.11 bits per heavy atom. The summed E-state index contributed by atoms with van der Waals surface area (Å²) >= 11 is 0. The number of rotatable bonds is 4. The van der Waals surface area contributed by atoms with Crippen molar-refractivity contribution in [3.8, 4) is 0 Å². The first-order valence-electron chi connectivity index (χ1n) is 5.63. The van der Waals surface area contributed by atoms with Crippen molar-refractivity contribution in [1.82, 2.24) is 4.98 Å². The molecule has 0 fully saturated rings. The maximum absolute atomic E-state index is 10.6. The van der Waals surface area contributed by atoms with Crippen molar-refractivity contribution in [3.63, 3.8) is 0 Å². The Labute approximate surface area is 106 Å². The summed E-state index contributed by atoms with van der Waals surface area (Å²) in [6.07, 6.45) is 0. The number of pyridine rings is 1. The molecule has 0 saturated carbocycles. The highest BCUT2D eigenvalue weighted by Crippen LogP contribution is 2.25. The Morgan fingerprint density at radius 1 is 1.50 bits per heavy atom. The molecule has 18 heavy (non-hydrogen) atoms. The molecule has 0 amide bonds. The van der Waals surface area contributed by atoms with Gasteiger partial charge in [0.2, 0.25) is 5.82 Å². The number of nitrogen functional groups attached to an aromatic ring is 1. The quantitative estimate of drug-likeness (QED) is 0.550. The minimum Gasteiger partial charge on any atom is -0.378 e. The minimum atomic E-state index is -0.559. The molecule has 7 heteroatoms. The third kappa shape index (κ3) is 3.30. The van der Waals surface area contributed by atoms with Crippen LogP contribution in [0.4, 0.5) is 17.3 Å². The maximum atomic E-state index is 10.6. The summed E-state index contributed by atoms with van der Waals surface area (Å²) in [4.78, 5) is 14.0. The van der Waals surface area contributed by atoms with Gasteiger partial charge in [-0.3, -0.25) is 10.1 Å². The second kappa shape index (κ2) is 5.18. The summed E-state index contributed by atoms with van der Waals surface area (Å²) in [7, 11) is 0. The van der Waals surface area contributed by atoms with Gasteiger partial charge in [0.1, 0.15) is 5.82 Å². The molecule has 0 aliphatic heterocycles. The first-order chi connectivity index (χ1) is 8.25. The summed E-state index contributed by atoms with van der Waals surface area (Å²) in [5.41, 5.74) is 11.0. The lowest BCUT2D eigenvalue weighted by Crippen LogP contribution is -2.40. The smallest absolute Gasteiger partial charge is 0.311 e. The van der Waals surface area contributed by atoms with E-state index in [1.807, 2.05) is 20.8 Å². The summed E-state index contributed by atoms with van der Waals surface area (Å²) in [5, 5.41) is 13.8. The van der Waals surface area contributed by atoms with E-state index in [1.54, 1.807) is 0 Å². The summed E-state index contributed by atoms with van der Waals surface area (Å²) in [6, 6.07) is 2.87. The molecule has 0 bridgehead atoms. The van der Waals surface area contributed by atoms with E-state index in [2.05, 4.69) is 10.3 Å². The van der Waals surface area contributed by atoms with E-state index in [9.17, 15) is 10.1 Å². The van der Waals surface area contributed by atoms with Gasteiger partial charge in [-0.05, 0) is 11.5 Å². The highest BCUT2D eigenvalue weighted by Gasteiger charge is 2.24. The van der Waals surface area contributed by atoms with Crippen molar-refractivity contribution in [2.45, 2.75) is 26.8 Å². The number of nitrogens with two attached hydrogens (primary N) is 2. The molecule has 100 valence electrons. The van der Waals surface area contributed by atoms with Crippen LogP contribution in [-0.2, 0) is 0 Å². The van der Waals surface area contributed by atoms with E-state index < -0.39 is 4.92 Å². The van der Waals surface area contributed by atoms with Crippen LogP contribution < -0.4 is 16.8 Å². The highest BCUT2D eigenvalue weighted by atomic mass is 16.6. The van der Waals surface area contributed by atoms with E-state index in [0.29, 0.717) is 12.4 Å². The zero-order valence-electron chi connectivity index (χ0n) is 10.8. The number of hydrogen-bond acceptors (Lipinski definition) is 6. The number of aromatic nitrogens is 1. The van der Waals surface area contributed by atoms with E-state index in [1.165, 1.54) is 12.1 Å². The lowest BCUT2D eigenvalue weighted by Gasteiger charge is -2.30. The van der Waals surface area contributed by atoms with Gasteiger partial charge < -0.3 is 16.8 Å². The average molecular weight is 253 g/mol. The molecule has 7 nitrogen and oxygen atoms in total. The fourth-order valence-corrected chi connectivity index (χ4v) is 1.51. The van der Waals surface area contributed by atoms with Crippen molar-refractivity contribution in [1.29, 1.82) is 0 Å². The SMILES string of the molecule is CC(C)(C)C(CN)Nc1ccc([N+](=O)[O-])c(N)n1. The van der Waals surface area contributed by atoms with Crippen LogP contribution in [0.1, 0.15) is 20.8 Å². The molecular formula is C11H19N5O2. The van der Waals surface area contributed by atoms with Crippen molar-refractivity contribution >= 4 is 17.3 Å². The molecule has 0 spiro atoms. The van der Waals surface area contributed by atoms with Gasteiger partial charge in [0.05, 0.1) is 4.92 Å². The molecule has 1 atom stereocenters. The molecule has 1 heterocycles. The minimum absolute atomic E-state index is 0.00542. The molecular weight excluding hydrogens is 234 g/mol. The van der Waals surface area contributed by atoms with Crippen molar-refractivity contribution in [2.75, 3.05) is 17.6 Å². The second-order valence-electron chi connectivity index (χ2n) is 5.16. The highest BCUT2D eigenvalue weighted by molar-refractivity contribution is 5.57. The Balaban J connectivity index is 2.92. The van der Waals surface area contributed by atoms with Crippen molar-refractivity contribution in [3.05, 3.63) is 22.2 Å². The van der Waals surface area contributed by atoms with Crippen LogP contribution in [0.2, 0.25) is 0 Å². The lowest BCUT2D eigenvalue weighted by atomic mass is 9.87. The van der Waals surface area contributed by atoms with Crippen LogP contribution in [0, 0.1) is 15.5 Å². The second-order valence-corrected chi connectivity index (χ2v) is 5.16. The monoisotopic (exact) mass is 253 g/mol. The van der Waals surface area contributed by atoms with Crippen molar-refractivity contribution < 1.29 is 4.92 Å². The molecule has 1 aromatic rings. The number of nitro groups is 1. The Hall–Kier alpha value is -1.89. The zero-order chi connectivity index (χ0) is 13.9. The Bertz CT molecular complexity index is 442. The van der Waals surface area contributed by atoms with E-state index >= 15 is 0 Å². The number of nitrogens with zero attached hydrogens (tertiary/aromatic N) is 2. The first kappa shape index (κ1) is 14.2. The van der Waals surface area contributed by atoms with Gasteiger partial charge in [-0.25, -0.2) is 4.98 Å². The molecule has 0 saturated heterocycles. The van der Waals surface area contributed by atoms with Gasteiger partial charge in [0.15, 0.2) is 0 Å². The molecule has 1 aromatic heterocycles. The molecule has 0 radical (unpaired) electrons. The van der Waals surface area contributed by atoms with Gasteiger partial charge in [0, 0.05) is 18.7 Å². The van der Waals surface area contributed by atoms with E-state index in [4.69, 9.17) is 11.5 Å². The summed E-state index contributed by atoms with van der Waals surface area (Å²) in [6.45, 7) is 6.58. The van der Waals surface area contributed by atoms with Crippen molar-refractivity contribution in [2.24, 2.45) is 11.1 Å². The topological polar surface area (TPSA) is 120 Å². The fraction of sp³-hybridized carbons (Fsp3) is 0.545. The van der Waals surface area contributed by atoms with E-state index in [0.717, 1.165) is 0 Å². The summed E-state index contributed by atoms with van der Waals surface area (Å²) in [5.74, 6) is 0.387. The molecule has 0 aliphatic carbocycles. The van der Waals surface area contributed by atoms with Gasteiger partial charge in [0.25, 0.3) is 0 Å². The van der Waals surface area contributed by atoms with Crippen LogP contribution in [0.25, 0.3) is 0 Å². The third-order valence-electron chi connectivity index (χ3n) is 2.70. The molecule has 0 aliphatic rings. The largest absolute Gasteiger partial charge is 0.378 e. The van der Waals surface area contributed by atoms with Crippen LogP contribution >= 0.6 is 0 Å². The van der Waals surface area contributed by atoms with Gasteiger partial charge in [-0.2, -0.15) is 0 Å². The summed E-state index contributed by atoms with van der Waals surface area (Å²) < 4.78 is 0. The Kier molecular flexibility index (Phi) is 4.07. The number of hydrogen-bond donors (Lipinski definition) is 3. The maximum Gasteiger partial charge on any atom is 0.311 e. The predicted octanol–water partition coefficient (Wildman–Crippen LogP) is 1.36. The lowest BCUT2D eigenvalue weighted by molar-refractivity contribution is -0.384. The number of anilines is 2. The third-order valence-corrected chi connectivity index (χ3v) is 2.70. The van der Waals surface area contributed by atoms with Crippen LogP contribution in [-0.4, -0.2) is 22.5 Å². The molecule has 1 unspecified atom stereocenters. The Morgan fingerprint density at radius 3 is 2.50 bits per heavy atom. The predicted molar refractivity (Wildman–Crippen MR) is 71.2 cm³/mol. The number of nitrogens with one attached hydrogen (secondary N) is 1. The molecule has 5 N–H and O–H groups in total. The normalized spacial score (nSPS) is 13.1. The fourth-order valence-electron chi connectivity index (χ4n) is 1.51. The van der Waals surface area contributed by atoms with E-state index in [-0.39, 0.29) is 23.0 Å². The van der Waals surface area contributed by atoms with Crippen LogP contribution in [0.5, 0.6) is 0 Å². The van der Waals surface area contributed by atoms with Gasteiger partial charge in [-0.15, -0.1) is 0 Å². The standard InChI is InChI=1S/C11H19N5O2/c1-11(2,3)8(6-12)14-9-5-4-7(16(17)18)10(13)15-9/h4-5,8H,6,12H2,1-3H3,(H3,13,14,15). The zero-order valence-corrected chi connectivity index (χ0v) is 10.8. The molecule has 0 aromatic carbocycles. The average Bonchev–Trinajstić information content (AvgIpc) is 2.23. The van der Waals surface area contributed by atoms with Gasteiger partial charge >= 0.3 is 5.69 Å². The van der Waals surface area contributed by atoms with Crippen LogP contribution in [0.15, 0.2) is 12.1 Å². The first-order valence-corrected chi connectivity index (χ1v) is 5.63. The van der Waals surface area contributed by atoms with Crippen LogP contribution in [0.3, 0.4) is 0 Å². The molecule has 1 rings (SSSR count). The van der Waals surface area contributed by atoms with Gasteiger partial charge in [-0.1, -0.05) is 20.8 Å².